The van der Waals surface area contributed by atoms with Crippen molar-refractivity contribution in [2.75, 3.05) is 6.61 Å². The Morgan fingerprint density at radius 3 is 2.63 bits per heavy atom. The number of nitro groups is 1. The number of hydrogen-bond donors (Lipinski definition) is 1. The van der Waals surface area contributed by atoms with Crippen molar-refractivity contribution in [1.82, 2.24) is 9.55 Å². The van der Waals surface area contributed by atoms with Crippen molar-refractivity contribution in [3.05, 3.63) is 75.0 Å². The Balaban J connectivity index is 1.71. The number of hydrogen-bond acceptors (Lipinski definition) is 5. The van der Waals surface area contributed by atoms with Crippen LogP contribution in [0.5, 0.6) is 5.75 Å². The number of halogens is 2. The third-order valence-corrected chi connectivity index (χ3v) is 4.37. The first-order valence-electron chi connectivity index (χ1n) is 7.96. The summed E-state index contributed by atoms with van der Waals surface area (Å²) in [5.41, 5.74) is 0.552. The lowest BCUT2D eigenvalue weighted by Gasteiger charge is -2.16. The van der Waals surface area contributed by atoms with Crippen molar-refractivity contribution in [2.24, 2.45) is 0 Å². The van der Waals surface area contributed by atoms with Crippen LogP contribution < -0.4 is 4.74 Å². The van der Waals surface area contributed by atoms with E-state index >= 15 is 0 Å². The van der Waals surface area contributed by atoms with Crippen LogP contribution in [0.3, 0.4) is 0 Å². The number of benzene rings is 2. The molecule has 0 saturated heterocycles. The summed E-state index contributed by atoms with van der Waals surface area (Å²) < 4.78 is 7.23. The van der Waals surface area contributed by atoms with Crippen LogP contribution >= 0.6 is 23.2 Å². The summed E-state index contributed by atoms with van der Waals surface area (Å²) >= 11 is 12.1. The Bertz CT molecular complexity index is 941. The molecule has 7 nitrogen and oxygen atoms in total. The van der Waals surface area contributed by atoms with Crippen LogP contribution in [-0.4, -0.2) is 32.3 Å². The van der Waals surface area contributed by atoms with Gasteiger partial charge in [0.05, 0.1) is 21.5 Å². The van der Waals surface area contributed by atoms with Gasteiger partial charge in [-0.2, -0.15) is 0 Å². The molecule has 2 aromatic carbocycles. The summed E-state index contributed by atoms with van der Waals surface area (Å²) in [6, 6.07) is 11.1. The van der Waals surface area contributed by atoms with Crippen molar-refractivity contribution in [2.45, 2.75) is 12.6 Å². The molecule has 1 aromatic heterocycles. The van der Waals surface area contributed by atoms with Crippen LogP contribution in [0.15, 0.2) is 54.9 Å². The second-order valence-corrected chi connectivity index (χ2v) is 6.54. The van der Waals surface area contributed by atoms with Gasteiger partial charge in [-0.1, -0.05) is 41.4 Å². The highest BCUT2D eigenvalue weighted by Crippen LogP contribution is 2.32. The zero-order chi connectivity index (χ0) is 19.4. The molecule has 3 rings (SSSR count). The van der Waals surface area contributed by atoms with Crippen LogP contribution in [0.25, 0.3) is 11.4 Å². The van der Waals surface area contributed by atoms with Crippen molar-refractivity contribution >= 4 is 28.9 Å². The van der Waals surface area contributed by atoms with Crippen molar-refractivity contribution in [3.8, 4) is 17.1 Å². The SMILES string of the molecule is O=[N+]([O-])c1cccc(-c2nccn2C[C@@H](O)COc2c(Cl)cccc2Cl)c1. The van der Waals surface area contributed by atoms with Crippen LogP contribution in [-0.2, 0) is 6.54 Å². The van der Waals surface area contributed by atoms with Crippen LogP contribution in [0, 0.1) is 10.1 Å². The zero-order valence-corrected chi connectivity index (χ0v) is 15.5. The van der Waals surface area contributed by atoms with E-state index in [9.17, 15) is 15.2 Å². The standard InChI is InChI=1S/C18H15Cl2N3O4/c19-15-5-2-6-16(20)17(15)27-11-14(24)10-22-8-7-21-18(22)12-3-1-4-13(9-12)23(25)26/h1-9,14,24H,10-11H2/t14-/m1/s1. The van der Waals surface area contributed by atoms with E-state index in [0.717, 1.165) is 0 Å². The number of non-ortho nitro benzene ring substituents is 1. The highest BCUT2D eigenvalue weighted by Gasteiger charge is 2.15. The van der Waals surface area contributed by atoms with E-state index in [-0.39, 0.29) is 18.8 Å². The second kappa shape index (κ2) is 8.39. The number of para-hydroxylation sites is 1. The summed E-state index contributed by atoms with van der Waals surface area (Å²) in [5, 5.41) is 22.0. The fourth-order valence-electron chi connectivity index (χ4n) is 2.56. The largest absolute Gasteiger partial charge is 0.488 e. The molecule has 1 N–H and O–H groups in total. The lowest BCUT2D eigenvalue weighted by Crippen LogP contribution is -2.24. The molecule has 3 aromatic rings. The van der Waals surface area contributed by atoms with E-state index in [1.54, 1.807) is 47.3 Å². The predicted octanol–water partition coefficient (Wildman–Crippen LogP) is 4.21. The quantitative estimate of drug-likeness (QED) is 0.467. The van der Waals surface area contributed by atoms with E-state index in [4.69, 9.17) is 27.9 Å². The molecule has 1 atom stereocenters. The van der Waals surface area contributed by atoms with Gasteiger partial charge in [0.15, 0.2) is 5.75 Å². The first-order valence-corrected chi connectivity index (χ1v) is 8.72. The molecule has 0 aliphatic rings. The molecule has 0 fully saturated rings. The van der Waals surface area contributed by atoms with E-state index in [1.165, 1.54) is 12.1 Å². The Morgan fingerprint density at radius 2 is 1.93 bits per heavy atom. The third kappa shape index (κ3) is 4.57. The number of aliphatic hydroxyl groups excluding tert-OH is 1. The normalized spacial score (nSPS) is 12.0. The summed E-state index contributed by atoms with van der Waals surface area (Å²) in [6.45, 7) is 0.149. The number of imidazole rings is 1. The van der Waals surface area contributed by atoms with Gasteiger partial charge in [0.25, 0.3) is 5.69 Å². The number of aliphatic hydroxyl groups is 1. The Morgan fingerprint density at radius 1 is 1.22 bits per heavy atom. The van der Waals surface area contributed by atoms with E-state index in [2.05, 4.69) is 4.98 Å². The fourth-order valence-corrected chi connectivity index (χ4v) is 3.06. The summed E-state index contributed by atoms with van der Waals surface area (Å²) in [4.78, 5) is 14.7. The van der Waals surface area contributed by atoms with Gasteiger partial charge in [-0.3, -0.25) is 10.1 Å². The molecule has 0 aliphatic heterocycles. The summed E-state index contributed by atoms with van der Waals surface area (Å²) in [7, 11) is 0. The highest BCUT2D eigenvalue weighted by atomic mass is 35.5. The molecule has 27 heavy (non-hydrogen) atoms. The van der Waals surface area contributed by atoms with E-state index < -0.39 is 11.0 Å². The van der Waals surface area contributed by atoms with Crippen molar-refractivity contribution in [1.29, 1.82) is 0 Å². The van der Waals surface area contributed by atoms with Gasteiger partial charge in [-0.25, -0.2) is 4.98 Å². The molecule has 0 unspecified atom stereocenters. The van der Waals surface area contributed by atoms with Gasteiger partial charge in [0, 0.05) is 30.1 Å². The minimum absolute atomic E-state index is 0.0284. The molecule has 140 valence electrons. The number of ether oxygens (including phenoxy) is 1. The van der Waals surface area contributed by atoms with Crippen LogP contribution in [0.4, 0.5) is 5.69 Å². The van der Waals surface area contributed by atoms with E-state index in [1.807, 2.05) is 0 Å². The molecule has 0 spiro atoms. The average Bonchev–Trinajstić information content (AvgIpc) is 3.09. The minimum atomic E-state index is -0.871. The number of nitro benzene ring substituents is 1. The van der Waals surface area contributed by atoms with Crippen LogP contribution in [0.1, 0.15) is 0 Å². The molecule has 1 heterocycles. The lowest BCUT2D eigenvalue weighted by molar-refractivity contribution is -0.384. The van der Waals surface area contributed by atoms with Gasteiger partial charge >= 0.3 is 0 Å². The zero-order valence-electron chi connectivity index (χ0n) is 14.0. The topological polar surface area (TPSA) is 90.4 Å². The van der Waals surface area contributed by atoms with Gasteiger partial charge in [-0.05, 0) is 12.1 Å². The maximum absolute atomic E-state index is 11.0. The summed E-state index contributed by atoms with van der Waals surface area (Å²) in [5.74, 6) is 0.818. The van der Waals surface area contributed by atoms with E-state index in [0.29, 0.717) is 27.2 Å². The molecular weight excluding hydrogens is 393 g/mol. The Hall–Kier alpha value is -2.61. The predicted molar refractivity (Wildman–Crippen MR) is 102 cm³/mol. The average molecular weight is 408 g/mol. The Labute approximate surface area is 164 Å². The van der Waals surface area contributed by atoms with Gasteiger partial charge in [0.1, 0.15) is 18.5 Å². The van der Waals surface area contributed by atoms with Gasteiger partial charge in [-0.15, -0.1) is 0 Å². The molecule has 0 aliphatic carbocycles. The van der Waals surface area contributed by atoms with Gasteiger partial charge < -0.3 is 14.4 Å². The van der Waals surface area contributed by atoms with Crippen molar-refractivity contribution < 1.29 is 14.8 Å². The third-order valence-electron chi connectivity index (χ3n) is 3.78. The maximum atomic E-state index is 11.0. The second-order valence-electron chi connectivity index (χ2n) is 5.73. The van der Waals surface area contributed by atoms with Crippen molar-refractivity contribution in [3.63, 3.8) is 0 Å². The van der Waals surface area contributed by atoms with Gasteiger partial charge in [0.2, 0.25) is 0 Å². The molecular formula is C18H15Cl2N3O4. The summed E-state index contributed by atoms with van der Waals surface area (Å²) in [6.07, 6.45) is 2.37. The first-order chi connectivity index (χ1) is 13.0. The molecule has 0 amide bonds. The highest BCUT2D eigenvalue weighted by molar-refractivity contribution is 6.37. The molecule has 0 saturated carbocycles. The minimum Gasteiger partial charge on any atom is -0.488 e. The monoisotopic (exact) mass is 407 g/mol. The number of rotatable bonds is 7. The number of nitrogens with zero attached hydrogens (tertiary/aromatic N) is 3. The van der Waals surface area contributed by atoms with Crippen LogP contribution in [0.2, 0.25) is 10.0 Å². The first kappa shape index (κ1) is 19.2. The molecule has 0 radical (unpaired) electrons. The smallest absolute Gasteiger partial charge is 0.270 e. The fraction of sp³-hybridized carbons (Fsp3) is 0.167. The lowest BCUT2D eigenvalue weighted by atomic mass is 10.2. The Kier molecular flexibility index (Phi) is 5.95. The number of aromatic nitrogens is 2. The molecule has 9 heteroatoms. The maximum Gasteiger partial charge on any atom is 0.270 e. The molecule has 0 bridgehead atoms.